The summed E-state index contributed by atoms with van der Waals surface area (Å²) in [7, 11) is 0. The van der Waals surface area contributed by atoms with Gasteiger partial charge in [0.25, 0.3) is 5.97 Å². The van der Waals surface area contributed by atoms with Crippen LogP contribution in [-0.4, -0.2) is 22.2 Å². The van der Waals surface area contributed by atoms with Gasteiger partial charge < -0.3 is 10.2 Å². The number of rotatable bonds is 10. The molecule has 0 bridgehead atoms. The molecule has 0 fully saturated rings. The average Bonchev–Trinajstić information content (AvgIpc) is 2.26. The predicted octanol–water partition coefficient (Wildman–Crippen LogP) is 4.08. The van der Waals surface area contributed by atoms with Gasteiger partial charge in [-0.25, -0.2) is 0 Å². The van der Waals surface area contributed by atoms with Gasteiger partial charge in [0.15, 0.2) is 0 Å². The number of carboxylic acids is 2. The van der Waals surface area contributed by atoms with Gasteiger partial charge in [-0.15, -0.1) is 0 Å². The summed E-state index contributed by atoms with van der Waals surface area (Å²) in [5, 5.41) is 15.8. The molecule has 0 radical (unpaired) electrons. The molecule has 0 aromatic carbocycles. The van der Waals surface area contributed by atoms with Gasteiger partial charge in [0.2, 0.25) is 0 Å². The van der Waals surface area contributed by atoms with Crippen molar-refractivity contribution in [1.82, 2.24) is 0 Å². The van der Waals surface area contributed by atoms with Crippen molar-refractivity contribution in [3.63, 3.8) is 0 Å². The number of carbonyl (C=O) groups is 2. The Morgan fingerprint density at radius 3 is 1.44 bits per heavy atom. The number of hydrogen-bond donors (Lipinski definition) is 2. The van der Waals surface area contributed by atoms with Crippen molar-refractivity contribution in [2.45, 2.75) is 78.1 Å². The molecule has 108 valence electrons. The standard InChI is InChI=1S/C12H24O2.C2H4O2/c1-2-3-4-5-6-7-8-9-10-11-12(13)14;1-2(3)4/h2-11H2,1H3,(H,13,14);1H3,(H,3,4). The molecule has 0 spiro atoms. The summed E-state index contributed by atoms with van der Waals surface area (Å²) in [6.07, 6.45) is 11.5. The molecular weight excluding hydrogens is 232 g/mol. The second-order valence-corrected chi connectivity index (χ2v) is 4.49. The lowest BCUT2D eigenvalue weighted by molar-refractivity contribution is -0.137. The van der Waals surface area contributed by atoms with Crippen LogP contribution in [0.3, 0.4) is 0 Å². The van der Waals surface area contributed by atoms with Crippen molar-refractivity contribution in [3.05, 3.63) is 0 Å². The SMILES string of the molecule is CC(=O)O.CCCCCCCCCCCC(=O)O. The molecule has 4 nitrogen and oxygen atoms in total. The third-order valence-electron chi connectivity index (χ3n) is 2.49. The maximum Gasteiger partial charge on any atom is 0.303 e. The zero-order valence-corrected chi connectivity index (χ0v) is 11.8. The summed E-state index contributed by atoms with van der Waals surface area (Å²) in [4.78, 5) is 19.2. The van der Waals surface area contributed by atoms with E-state index in [9.17, 15) is 4.79 Å². The highest BCUT2D eigenvalue weighted by molar-refractivity contribution is 5.66. The van der Waals surface area contributed by atoms with E-state index in [1.807, 2.05) is 0 Å². The lowest BCUT2D eigenvalue weighted by atomic mass is 10.1. The summed E-state index contributed by atoms with van der Waals surface area (Å²) in [6, 6.07) is 0. The third kappa shape index (κ3) is 29.4. The predicted molar refractivity (Wildman–Crippen MR) is 72.8 cm³/mol. The Kier molecular flexibility index (Phi) is 17.1. The summed E-state index contributed by atoms with van der Waals surface area (Å²) < 4.78 is 0. The maximum atomic E-state index is 10.2. The van der Waals surface area contributed by atoms with E-state index >= 15 is 0 Å². The van der Waals surface area contributed by atoms with Gasteiger partial charge in [0, 0.05) is 13.3 Å². The minimum atomic E-state index is -0.833. The lowest BCUT2D eigenvalue weighted by Crippen LogP contribution is -1.93. The smallest absolute Gasteiger partial charge is 0.303 e. The molecule has 0 aromatic heterocycles. The Balaban J connectivity index is 0. The summed E-state index contributed by atoms with van der Waals surface area (Å²) >= 11 is 0. The fourth-order valence-electron chi connectivity index (χ4n) is 1.59. The van der Waals surface area contributed by atoms with Crippen molar-refractivity contribution in [3.8, 4) is 0 Å². The second kappa shape index (κ2) is 15.9. The van der Waals surface area contributed by atoms with E-state index in [-0.39, 0.29) is 0 Å². The van der Waals surface area contributed by atoms with E-state index in [2.05, 4.69) is 6.92 Å². The molecule has 0 saturated carbocycles. The number of unbranched alkanes of at least 4 members (excludes halogenated alkanes) is 8. The first kappa shape index (κ1) is 19.3. The minimum absolute atomic E-state index is 0.343. The maximum absolute atomic E-state index is 10.2. The van der Waals surface area contributed by atoms with Crippen LogP contribution in [0.4, 0.5) is 0 Å². The fraction of sp³-hybridized carbons (Fsp3) is 0.857. The van der Waals surface area contributed by atoms with E-state index in [1.165, 1.54) is 44.9 Å². The van der Waals surface area contributed by atoms with Crippen LogP contribution in [0.1, 0.15) is 78.1 Å². The Labute approximate surface area is 110 Å². The third-order valence-corrected chi connectivity index (χ3v) is 2.49. The van der Waals surface area contributed by atoms with Crippen molar-refractivity contribution in [2.24, 2.45) is 0 Å². The van der Waals surface area contributed by atoms with E-state index in [0.717, 1.165) is 19.8 Å². The first-order valence-corrected chi connectivity index (χ1v) is 6.92. The van der Waals surface area contributed by atoms with Crippen molar-refractivity contribution in [1.29, 1.82) is 0 Å². The molecular formula is C14H28O4. The Morgan fingerprint density at radius 2 is 1.11 bits per heavy atom. The quantitative estimate of drug-likeness (QED) is 0.580. The van der Waals surface area contributed by atoms with Crippen LogP contribution in [-0.2, 0) is 9.59 Å². The summed E-state index contributed by atoms with van der Waals surface area (Å²) in [5.41, 5.74) is 0. The van der Waals surface area contributed by atoms with Crippen molar-refractivity contribution < 1.29 is 19.8 Å². The number of hydrogen-bond acceptors (Lipinski definition) is 2. The normalized spacial score (nSPS) is 9.44. The molecule has 0 aromatic rings. The zero-order valence-electron chi connectivity index (χ0n) is 11.8. The molecule has 4 heteroatoms. The average molecular weight is 260 g/mol. The molecule has 0 aliphatic heterocycles. The van der Waals surface area contributed by atoms with Gasteiger partial charge >= 0.3 is 5.97 Å². The number of aliphatic carboxylic acids is 2. The monoisotopic (exact) mass is 260 g/mol. The molecule has 0 aliphatic rings. The highest BCUT2D eigenvalue weighted by Crippen LogP contribution is 2.10. The van der Waals surface area contributed by atoms with E-state index < -0.39 is 11.9 Å². The van der Waals surface area contributed by atoms with Crippen LogP contribution in [0.25, 0.3) is 0 Å². The Hall–Kier alpha value is -1.06. The highest BCUT2D eigenvalue weighted by Gasteiger charge is 1.96. The van der Waals surface area contributed by atoms with Gasteiger partial charge in [0.05, 0.1) is 0 Å². The molecule has 0 saturated heterocycles. The van der Waals surface area contributed by atoms with Crippen LogP contribution in [0, 0.1) is 0 Å². The van der Waals surface area contributed by atoms with Crippen LogP contribution >= 0.6 is 0 Å². The fourth-order valence-corrected chi connectivity index (χ4v) is 1.59. The van der Waals surface area contributed by atoms with Crippen molar-refractivity contribution >= 4 is 11.9 Å². The number of carboxylic acid groups (broad SMARTS) is 2. The van der Waals surface area contributed by atoms with E-state index in [0.29, 0.717) is 6.42 Å². The Morgan fingerprint density at radius 1 is 0.778 bits per heavy atom. The first-order valence-electron chi connectivity index (χ1n) is 6.92. The molecule has 0 amide bonds. The molecule has 2 N–H and O–H groups in total. The molecule has 0 rings (SSSR count). The van der Waals surface area contributed by atoms with Gasteiger partial charge in [-0.2, -0.15) is 0 Å². The zero-order chi connectivity index (χ0) is 14.2. The van der Waals surface area contributed by atoms with Crippen molar-refractivity contribution in [2.75, 3.05) is 0 Å². The lowest BCUT2D eigenvalue weighted by Gasteiger charge is -2.00. The van der Waals surface area contributed by atoms with Crippen LogP contribution in [0.2, 0.25) is 0 Å². The van der Waals surface area contributed by atoms with Gasteiger partial charge in [0.1, 0.15) is 0 Å². The van der Waals surface area contributed by atoms with Crippen LogP contribution < -0.4 is 0 Å². The summed E-state index contributed by atoms with van der Waals surface area (Å²) in [5.74, 6) is -1.49. The molecule has 0 atom stereocenters. The first-order chi connectivity index (χ1) is 8.50. The second-order valence-electron chi connectivity index (χ2n) is 4.49. The van der Waals surface area contributed by atoms with E-state index in [1.54, 1.807) is 0 Å². The molecule has 0 aliphatic carbocycles. The largest absolute Gasteiger partial charge is 0.481 e. The molecule has 0 unspecified atom stereocenters. The van der Waals surface area contributed by atoms with Gasteiger partial charge in [-0.1, -0.05) is 58.3 Å². The molecule has 0 heterocycles. The van der Waals surface area contributed by atoms with E-state index in [4.69, 9.17) is 15.0 Å². The molecule has 18 heavy (non-hydrogen) atoms. The van der Waals surface area contributed by atoms with Gasteiger partial charge in [-0.05, 0) is 6.42 Å². The van der Waals surface area contributed by atoms with Gasteiger partial charge in [-0.3, -0.25) is 9.59 Å². The summed E-state index contributed by atoms with van der Waals surface area (Å²) in [6.45, 7) is 3.31. The highest BCUT2D eigenvalue weighted by atomic mass is 16.4. The minimum Gasteiger partial charge on any atom is -0.481 e. The Bertz CT molecular complexity index is 198. The topological polar surface area (TPSA) is 74.6 Å². The van der Waals surface area contributed by atoms with Crippen LogP contribution in [0.15, 0.2) is 0 Å². The van der Waals surface area contributed by atoms with Crippen LogP contribution in [0.5, 0.6) is 0 Å².